The summed E-state index contributed by atoms with van der Waals surface area (Å²) in [6.07, 6.45) is 7.67. The van der Waals surface area contributed by atoms with Crippen LogP contribution in [0, 0.1) is 29.2 Å². The molecule has 1 aliphatic carbocycles. The Hall–Kier alpha value is -2.14. The fourth-order valence-electron chi connectivity index (χ4n) is 4.13. The number of hydrogen-bond donors (Lipinski definition) is 0. The number of halogens is 4. The number of rotatable bonds is 4. The monoisotopic (exact) mass is 390 g/mol. The Balaban J connectivity index is 1.51. The van der Waals surface area contributed by atoms with Crippen molar-refractivity contribution in [3.63, 3.8) is 0 Å². The van der Waals surface area contributed by atoms with Gasteiger partial charge in [-0.15, -0.1) is 0 Å². The molecule has 1 aliphatic heterocycles. The highest BCUT2D eigenvalue weighted by Crippen LogP contribution is 2.42. The van der Waals surface area contributed by atoms with Crippen molar-refractivity contribution in [2.75, 3.05) is 6.61 Å². The molecule has 0 N–H and O–H groups in total. The highest BCUT2D eigenvalue weighted by Gasteiger charge is 2.30. The first-order valence-corrected chi connectivity index (χ1v) is 9.71. The molecule has 1 heterocycles. The molecule has 5 heteroatoms. The van der Waals surface area contributed by atoms with Crippen molar-refractivity contribution in [3.05, 3.63) is 70.3 Å². The number of ether oxygens (including phenoxy) is 1. The van der Waals surface area contributed by atoms with Crippen LogP contribution in [0.1, 0.15) is 42.9 Å². The lowest BCUT2D eigenvalue weighted by Gasteiger charge is -2.24. The maximum absolute atomic E-state index is 14.7. The smallest absolute Gasteiger partial charge is 0.167 e. The van der Waals surface area contributed by atoms with Gasteiger partial charge < -0.3 is 4.74 Å². The van der Waals surface area contributed by atoms with Crippen LogP contribution in [0.5, 0.6) is 0 Å². The van der Waals surface area contributed by atoms with Gasteiger partial charge in [0.2, 0.25) is 0 Å². The molecule has 148 valence electrons. The first kappa shape index (κ1) is 19.2. The van der Waals surface area contributed by atoms with E-state index < -0.39 is 23.3 Å². The highest BCUT2D eigenvalue weighted by atomic mass is 19.2. The maximum Gasteiger partial charge on any atom is 0.167 e. The molecule has 0 aromatic heterocycles. The summed E-state index contributed by atoms with van der Waals surface area (Å²) < 4.78 is 62.6. The summed E-state index contributed by atoms with van der Waals surface area (Å²) in [5, 5.41) is 0. The van der Waals surface area contributed by atoms with Crippen molar-refractivity contribution in [1.82, 2.24) is 0 Å². The summed E-state index contributed by atoms with van der Waals surface area (Å²) in [6.45, 7) is 2.75. The minimum Gasteiger partial charge on any atom is -0.378 e. The van der Waals surface area contributed by atoms with Crippen LogP contribution in [0.3, 0.4) is 0 Å². The summed E-state index contributed by atoms with van der Waals surface area (Å²) in [5.74, 6) is -3.87. The predicted molar refractivity (Wildman–Crippen MR) is 100 cm³/mol. The third-order valence-corrected chi connectivity index (χ3v) is 5.70. The second kappa shape index (κ2) is 7.70. The van der Waals surface area contributed by atoms with E-state index in [9.17, 15) is 17.6 Å². The molecule has 2 aromatic carbocycles. The van der Waals surface area contributed by atoms with Crippen LogP contribution in [0.15, 0.2) is 30.4 Å². The zero-order valence-corrected chi connectivity index (χ0v) is 15.7. The summed E-state index contributed by atoms with van der Waals surface area (Å²) >= 11 is 0. The zero-order chi connectivity index (χ0) is 19.8. The van der Waals surface area contributed by atoms with Crippen LogP contribution in [0.25, 0.3) is 11.1 Å². The molecule has 0 bridgehead atoms. The van der Waals surface area contributed by atoms with Crippen molar-refractivity contribution in [1.29, 1.82) is 0 Å². The number of allylic oxidation sites excluding steroid dienone is 1. The van der Waals surface area contributed by atoms with Gasteiger partial charge in [-0.3, -0.25) is 0 Å². The van der Waals surface area contributed by atoms with Gasteiger partial charge in [-0.25, -0.2) is 17.6 Å². The van der Waals surface area contributed by atoms with Crippen LogP contribution < -0.4 is 0 Å². The number of fused-ring (bicyclic) bond motifs is 3. The maximum atomic E-state index is 14.7. The number of benzene rings is 2. The standard InChI is InChI=1S/C23H22F4O/c1-13-6-7-14(12-28-13)4-2-3-5-16-11-17-10-15-8-9-18(24)22(26)19(15)20(17)23(27)21(16)25/h2,4,8-9,11,13-14H,3,5-7,10,12H2,1H3/b4-2+. The van der Waals surface area contributed by atoms with E-state index in [0.29, 0.717) is 42.6 Å². The minimum atomic E-state index is -1.12. The largest absolute Gasteiger partial charge is 0.378 e. The first-order chi connectivity index (χ1) is 13.5. The number of hydrogen-bond acceptors (Lipinski definition) is 1. The molecule has 28 heavy (non-hydrogen) atoms. The first-order valence-electron chi connectivity index (χ1n) is 9.71. The Bertz CT molecular complexity index is 927. The molecule has 2 unspecified atom stereocenters. The molecule has 0 saturated carbocycles. The van der Waals surface area contributed by atoms with Crippen molar-refractivity contribution in [2.45, 2.75) is 45.1 Å². The predicted octanol–water partition coefficient (Wildman–Crippen LogP) is 6.12. The molecule has 2 aliphatic rings. The third kappa shape index (κ3) is 3.48. The van der Waals surface area contributed by atoms with E-state index in [1.54, 1.807) is 6.07 Å². The summed E-state index contributed by atoms with van der Waals surface area (Å²) in [7, 11) is 0. The molecule has 0 radical (unpaired) electrons. The van der Waals surface area contributed by atoms with Gasteiger partial charge in [0, 0.05) is 17.0 Å². The lowest BCUT2D eigenvalue weighted by molar-refractivity contribution is 0.00761. The average molecular weight is 390 g/mol. The van der Waals surface area contributed by atoms with Crippen LogP contribution in [0.2, 0.25) is 0 Å². The van der Waals surface area contributed by atoms with Gasteiger partial charge in [0.05, 0.1) is 12.7 Å². The van der Waals surface area contributed by atoms with Gasteiger partial charge in [0.15, 0.2) is 23.3 Å². The van der Waals surface area contributed by atoms with Gasteiger partial charge in [-0.1, -0.05) is 24.3 Å². The Kier molecular flexibility index (Phi) is 5.28. The van der Waals surface area contributed by atoms with Gasteiger partial charge in [-0.2, -0.15) is 0 Å². The Morgan fingerprint density at radius 2 is 1.79 bits per heavy atom. The summed E-state index contributed by atoms with van der Waals surface area (Å²) in [6, 6.07) is 4.04. The lowest BCUT2D eigenvalue weighted by atomic mass is 9.97. The molecule has 4 rings (SSSR count). The molecule has 1 fully saturated rings. The minimum absolute atomic E-state index is 0.141. The van der Waals surface area contributed by atoms with E-state index in [1.165, 1.54) is 6.07 Å². The molecule has 2 aromatic rings. The quantitative estimate of drug-likeness (QED) is 0.385. The normalized spacial score (nSPS) is 21.2. The molecule has 0 amide bonds. The average Bonchev–Trinajstić information content (AvgIpc) is 3.06. The van der Waals surface area contributed by atoms with Crippen molar-refractivity contribution in [2.24, 2.45) is 5.92 Å². The van der Waals surface area contributed by atoms with Crippen LogP contribution >= 0.6 is 0 Å². The summed E-state index contributed by atoms with van der Waals surface area (Å²) in [5.41, 5.74) is 0.965. The van der Waals surface area contributed by atoms with E-state index in [4.69, 9.17) is 4.74 Å². The molecular formula is C23H22F4O. The van der Waals surface area contributed by atoms with E-state index in [0.717, 1.165) is 18.9 Å². The van der Waals surface area contributed by atoms with Crippen LogP contribution in [-0.4, -0.2) is 12.7 Å². The van der Waals surface area contributed by atoms with Gasteiger partial charge >= 0.3 is 0 Å². The van der Waals surface area contributed by atoms with E-state index in [2.05, 4.69) is 13.0 Å². The van der Waals surface area contributed by atoms with Crippen LogP contribution in [-0.2, 0) is 17.6 Å². The van der Waals surface area contributed by atoms with Gasteiger partial charge in [0.25, 0.3) is 0 Å². The fraction of sp³-hybridized carbons (Fsp3) is 0.391. The molecule has 1 nitrogen and oxygen atoms in total. The lowest BCUT2D eigenvalue weighted by Crippen LogP contribution is -2.22. The Morgan fingerprint density at radius 1 is 1.00 bits per heavy atom. The van der Waals surface area contributed by atoms with E-state index >= 15 is 0 Å². The van der Waals surface area contributed by atoms with E-state index in [-0.39, 0.29) is 23.1 Å². The number of aryl methyl sites for hydroxylation is 1. The topological polar surface area (TPSA) is 9.23 Å². The second-order valence-corrected chi connectivity index (χ2v) is 7.72. The van der Waals surface area contributed by atoms with Crippen molar-refractivity contribution >= 4 is 0 Å². The highest BCUT2D eigenvalue weighted by molar-refractivity contribution is 5.78. The second-order valence-electron chi connectivity index (χ2n) is 7.72. The SMILES string of the molecule is CC1CCC(/C=C/CCc2cc3c(c(F)c2F)-c2c(ccc(F)c2F)C3)CO1. The van der Waals surface area contributed by atoms with Crippen molar-refractivity contribution in [3.8, 4) is 11.1 Å². The summed E-state index contributed by atoms with van der Waals surface area (Å²) in [4.78, 5) is 0. The van der Waals surface area contributed by atoms with E-state index in [1.807, 2.05) is 6.08 Å². The Morgan fingerprint density at radius 3 is 2.54 bits per heavy atom. The molecule has 2 atom stereocenters. The molecule has 0 spiro atoms. The van der Waals surface area contributed by atoms with Gasteiger partial charge in [-0.05, 0) is 61.8 Å². The Labute approximate surface area is 162 Å². The fourth-order valence-corrected chi connectivity index (χ4v) is 4.13. The third-order valence-electron chi connectivity index (χ3n) is 5.70. The van der Waals surface area contributed by atoms with Gasteiger partial charge in [0.1, 0.15) is 0 Å². The van der Waals surface area contributed by atoms with Crippen LogP contribution in [0.4, 0.5) is 17.6 Å². The molecule has 1 saturated heterocycles. The zero-order valence-electron chi connectivity index (χ0n) is 15.7. The van der Waals surface area contributed by atoms with Crippen molar-refractivity contribution < 1.29 is 22.3 Å². The molecular weight excluding hydrogens is 368 g/mol.